The van der Waals surface area contributed by atoms with Crippen LogP contribution in [0.4, 0.5) is 18.9 Å². The van der Waals surface area contributed by atoms with Gasteiger partial charge in [-0.2, -0.15) is 13.2 Å². The molecule has 2 aromatic carbocycles. The fourth-order valence-corrected chi connectivity index (χ4v) is 3.82. The molecule has 1 amide bonds. The molecule has 1 unspecified atom stereocenters. The number of carbonyl (C=O) groups excluding carboxylic acids is 1. The van der Waals surface area contributed by atoms with E-state index in [1.54, 1.807) is 0 Å². The molecule has 3 rings (SSSR count). The minimum absolute atomic E-state index is 0.0135. The maximum atomic E-state index is 13.2. The van der Waals surface area contributed by atoms with Gasteiger partial charge in [-0.1, -0.05) is 29.8 Å². The van der Waals surface area contributed by atoms with Crippen molar-refractivity contribution in [3.05, 3.63) is 58.6 Å². The summed E-state index contributed by atoms with van der Waals surface area (Å²) < 4.78 is 45.1. The highest BCUT2D eigenvalue weighted by Crippen LogP contribution is 2.39. The van der Waals surface area contributed by atoms with Crippen molar-refractivity contribution in [2.75, 3.05) is 25.0 Å². The molecular weight excluding hydrogens is 405 g/mol. The van der Waals surface area contributed by atoms with E-state index >= 15 is 0 Å². The van der Waals surface area contributed by atoms with E-state index in [0.717, 1.165) is 30.2 Å². The molecule has 0 aromatic heterocycles. The van der Waals surface area contributed by atoms with Gasteiger partial charge in [0.1, 0.15) is 5.75 Å². The molecule has 4 nitrogen and oxygen atoms in total. The predicted octanol–water partition coefficient (Wildman–Crippen LogP) is 5.53. The zero-order valence-corrected chi connectivity index (χ0v) is 16.7. The zero-order valence-electron chi connectivity index (χ0n) is 15.9. The molecule has 0 saturated carbocycles. The molecule has 156 valence electrons. The molecule has 1 fully saturated rings. The molecule has 1 heterocycles. The molecule has 1 aliphatic rings. The minimum Gasteiger partial charge on any atom is -0.494 e. The lowest BCUT2D eigenvalue weighted by molar-refractivity contribution is -0.137. The Morgan fingerprint density at radius 3 is 2.62 bits per heavy atom. The number of likely N-dealkylation sites (tertiary alicyclic amines) is 1. The molecule has 0 bridgehead atoms. The number of carbonyl (C=O) groups is 1. The van der Waals surface area contributed by atoms with Gasteiger partial charge in [-0.25, -0.2) is 0 Å². The quantitative estimate of drug-likeness (QED) is 0.660. The van der Waals surface area contributed by atoms with Gasteiger partial charge in [-0.15, -0.1) is 0 Å². The first-order valence-corrected chi connectivity index (χ1v) is 9.79. The van der Waals surface area contributed by atoms with E-state index in [4.69, 9.17) is 16.3 Å². The highest BCUT2D eigenvalue weighted by Gasteiger charge is 2.35. The standard InChI is InChI=1S/C21H22ClF3N2O2/c1-2-29-15-10-8-14(9-11-15)18-7-4-12-27(18)13-19(28)26-20-16(21(23,24)25)5-3-6-17(20)22/h3,5-6,8-11,18H,2,4,7,12-13H2,1H3,(H,26,28). The number of nitrogens with zero attached hydrogens (tertiary/aromatic N) is 1. The van der Waals surface area contributed by atoms with Crippen molar-refractivity contribution in [1.82, 2.24) is 4.90 Å². The summed E-state index contributed by atoms with van der Waals surface area (Å²) in [6, 6.07) is 11.2. The van der Waals surface area contributed by atoms with E-state index in [1.807, 2.05) is 36.1 Å². The Labute approximate surface area is 172 Å². The van der Waals surface area contributed by atoms with Gasteiger partial charge in [0.15, 0.2) is 0 Å². The van der Waals surface area contributed by atoms with Crippen LogP contribution in [0, 0.1) is 0 Å². The maximum Gasteiger partial charge on any atom is 0.418 e. The monoisotopic (exact) mass is 426 g/mol. The first-order chi connectivity index (χ1) is 13.8. The number of hydrogen-bond acceptors (Lipinski definition) is 3. The number of alkyl halides is 3. The Hall–Kier alpha value is -2.25. The second-order valence-corrected chi connectivity index (χ2v) is 7.25. The lowest BCUT2D eigenvalue weighted by atomic mass is 10.0. The van der Waals surface area contributed by atoms with E-state index in [2.05, 4.69) is 5.32 Å². The number of amides is 1. The number of rotatable bonds is 6. The molecule has 1 saturated heterocycles. The largest absolute Gasteiger partial charge is 0.494 e. The van der Waals surface area contributed by atoms with Crippen LogP contribution in [0.25, 0.3) is 0 Å². The van der Waals surface area contributed by atoms with Crippen LogP contribution in [0.15, 0.2) is 42.5 Å². The minimum atomic E-state index is -4.61. The van der Waals surface area contributed by atoms with Crippen molar-refractivity contribution in [3.8, 4) is 5.75 Å². The first-order valence-electron chi connectivity index (χ1n) is 9.42. The van der Waals surface area contributed by atoms with Crippen LogP contribution in [0.3, 0.4) is 0 Å². The molecular formula is C21H22ClF3N2O2. The van der Waals surface area contributed by atoms with Crippen LogP contribution >= 0.6 is 11.6 Å². The van der Waals surface area contributed by atoms with Crippen molar-refractivity contribution in [2.24, 2.45) is 0 Å². The van der Waals surface area contributed by atoms with Crippen molar-refractivity contribution in [3.63, 3.8) is 0 Å². The van der Waals surface area contributed by atoms with E-state index in [-0.39, 0.29) is 17.6 Å². The summed E-state index contributed by atoms with van der Waals surface area (Å²) in [5.74, 6) is 0.248. The average molecular weight is 427 g/mol. The Morgan fingerprint density at radius 1 is 1.24 bits per heavy atom. The number of nitrogens with one attached hydrogen (secondary N) is 1. The summed E-state index contributed by atoms with van der Waals surface area (Å²) in [5.41, 5.74) is -0.307. The summed E-state index contributed by atoms with van der Waals surface area (Å²) in [7, 11) is 0. The Kier molecular flexibility index (Phi) is 6.70. The summed E-state index contributed by atoms with van der Waals surface area (Å²) in [4.78, 5) is 14.5. The van der Waals surface area contributed by atoms with E-state index < -0.39 is 23.3 Å². The first kappa shape index (κ1) is 21.5. The van der Waals surface area contributed by atoms with E-state index in [1.165, 1.54) is 12.1 Å². The summed E-state index contributed by atoms with van der Waals surface area (Å²) in [6.07, 6.45) is -2.82. The van der Waals surface area contributed by atoms with Gasteiger partial charge in [-0.3, -0.25) is 9.69 Å². The number of anilines is 1. The maximum absolute atomic E-state index is 13.2. The third-order valence-corrected chi connectivity index (χ3v) is 5.18. The van der Waals surface area contributed by atoms with Crippen molar-refractivity contribution in [2.45, 2.75) is 32.0 Å². The Morgan fingerprint density at radius 2 is 1.97 bits per heavy atom. The molecule has 1 aliphatic heterocycles. The van der Waals surface area contributed by atoms with Crippen LogP contribution in [0.2, 0.25) is 5.02 Å². The van der Waals surface area contributed by atoms with Crippen LogP contribution in [0.5, 0.6) is 5.75 Å². The highest BCUT2D eigenvalue weighted by atomic mass is 35.5. The molecule has 29 heavy (non-hydrogen) atoms. The van der Waals surface area contributed by atoms with Crippen molar-refractivity contribution in [1.29, 1.82) is 0 Å². The van der Waals surface area contributed by atoms with Crippen LogP contribution in [0.1, 0.15) is 36.9 Å². The van der Waals surface area contributed by atoms with Gasteiger partial charge in [0, 0.05) is 6.04 Å². The Bertz CT molecular complexity index is 856. The fourth-order valence-electron chi connectivity index (χ4n) is 3.60. The van der Waals surface area contributed by atoms with Crippen LogP contribution in [-0.2, 0) is 11.0 Å². The molecule has 1 N–H and O–H groups in total. The Balaban J connectivity index is 1.71. The van der Waals surface area contributed by atoms with Crippen molar-refractivity contribution < 1.29 is 22.7 Å². The van der Waals surface area contributed by atoms with E-state index in [0.29, 0.717) is 13.2 Å². The molecule has 0 spiro atoms. The van der Waals surface area contributed by atoms with Gasteiger partial charge < -0.3 is 10.1 Å². The number of para-hydroxylation sites is 1. The summed E-state index contributed by atoms with van der Waals surface area (Å²) in [5, 5.41) is 2.22. The normalized spacial score (nSPS) is 17.3. The van der Waals surface area contributed by atoms with Gasteiger partial charge in [0.05, 0.1) is 29.4 Å². The molecule has 1 atom stereocenters. The molecule has 2 aromatic rings. The average Bonchev–Trinajstić information content (AvgIpc) is 3.11. The summed E-state index contributed by atoms with van der Waals surface area (Å²) >= 11 is 5.92. The van der Waals surface area contributed by atoms with Gasteiger partial charge in [-0.05, 0) is 56.1 Å². The number of benzene rings is 2. The van der Waals surface area contributed by atoms with E-state index in [9.17, 15) is 18.0 Å². The second-order valence-electron chi connectivity index (χ2n) is 6.84. The van der Waals surface area contributed by atoms with Crippen molar-refractivity contribution >= 4 is 23.2 Å². The third kappa shape index (κ3) is 5.22. The lowest BCUT2D eigenvalue weighted by Gasteiger charge is -2.25. The fraction of sp³-hybridized carbons (Fsp3) is 0.381. The second kappa shape index (κ2) is 9.05. The lowest BCUT2D eigenvalue weighted by Crippen LogP contribution is -2.33. The predicted molar refractivity (Wildman–Crippen MR) is 106 cm³/mol. The van der Waals surface area contributed by atoms with Gasteiger partial charge in [0.2, 0.25) is 5.91 Å². The van der Waals surface area contributed by atoms with Gasteiger partial charge in [0.25, 0.3) is 0 Å². The highest BCUT2D eigenvalue weighted by molar-refractivity contribution is 6.34. The zero-order chi connectivity index (χ0) is 21.0. The number of hydrogen-bond donors (Lipinski definition) is 1. The SMILES string of the molecule is CCOc1ccc(C2CCCN2CC(=O)Nc2c(Cl)cccc2C(F)(F)F)cc1. The van der Waals surface area contributed by atoms with Gasteiger partial charge >= 0.3 is 6.18 Å². The molecule has 0 aliphatic carbocycles. The number of ether oxygens (including phenoxy) is 1. The molecule has 8 heteroatoms. The summed E-state index contributed by atoms with van der Waals surface area (Å²) in [6.45, 7) is 3.17. The number of halogens is 4. The topological polar surface area (TPSA) is 41.6 Å². The smallest absolute Gasteiger partial charge is 0.418 e. The molecule has 0 radical (unpaired) electrons. The third-order valence-electron chi connectivity index (χ3n) is 4.87. The van der Waals surface area contributed by atoms with Crippen LogP contribution in [-0.4, -0.2) is 30.5 Å². The van der Waals surface area contributed by atoms with Crippen LogP contribution < -0.4 is 10.1 Å².